The minimum Gasteiger partial charge on any atom is -0.339 e. The molecule has 0 saturated heterocycles. The highest BCUT2D eigenvalue weighted by Crippen LogP contribution is 2.11. The maximum absolute atomic E-state index is 12.5. The smallest absolute Gasteiger partial charge is 0.255 e. The number of carbonyl (C=O) groups excluding carboxylic acids is 1. The summed E-state index contributed by atoms with van der Waals surface area (Å²) in [5.41, 5.74) is 6.81. The summed E-state index contributed by atoms with van der Waals surface area (Å²) < 4.78 is 0. The summed E-state index contributed by atoms with van der Waals surface area (Å²) in [6.45, 7) is 5.94. The molecule has 0 spiro atoms. The van der Waals surface area contributed by atoms with E-state index >= 15 is 0 Å². The van der Waals surface area contributed by atoms with Gasteiger partial charge in [0, 0.05) is 18.7 Å². The highest BCUT2D eigenvalue weighted by molar-refractivity contribution is 5.96. The van der Waals surface area contributed by atoms with Crippen LogP contribution >= 0.6 is 0 Å². The van der Waals surface area contributed by atoms with Gasteiger partial charge < -0.3 is 10.6 Å². The van der Waals surface area contributed by atoms with Gasteiger partial charge in [-0.2, -0.15) is 0 Å². The van der Waals surface area contributed by atoms with Crippen molar-refractivity contribution < 1.29 is 4.79 Å². The van der Waals surface area contributed by atoms with Gasteiger partial charge in [-0.3, -0.25) is 4.79 Å². The van der Waals surface area contributed by atoms with Crippen molar-refractivity contribution in [3.63, 3.8) is 0 Å². The van der Waals surface area contributed by atoms with Gasteiger partial charge in [0.15, 0.2) is 0 Å². The second-order valence-electron chi connectivity index (χ2n) is 4.29. The van der Waals surface area contributed by atoms with Crippen molar-refractivity contribution >= 4 is 5.91 Å². The minimum atomic E-state index is 0.0536. The Morgan fingerprint density at radius 1 is 1.32 bits per heavy atom. The van der Waals surface area contributed by atoms with E-state index in [9.17, 15) is 4.79 Å². The van der Waals surface area contributed by atoms with Gasteiger partial charge in [0.1, 0.15) is 0 Å². The molecule has 0 bridgehead atoms. The van der Waals surface area contributed by atoms with Crippen molar-refractivity contribution in [3.8, 4) is 11.8 Å². The highest BCUT2D eigenvalue weighted by Gasteiger charge is 2.15. The third-order valence-corrected chi connectivity index (χ3v) is 2.93. The number of nitrogens with two attached hydrogens (primary N) is 1. The molecule has 2 N–H and O–H groups in total. The third kappa shape index (κ3) is 4.42. The Bertz CT molecular complexity index is 471. The summed E-state index contributed by atoms with van der Waals surface area (Å²) in [5.74, 6) is 5.83. The van der Waals surface area contributed by atoms with Crippen LogP contribution in [0.15, 0.2) is 24.3 Å². The lowest BCUT2D eigenvalue weighted by atomic mass is 10.1. The summed E-state index contributed by atoms with van der Waals surface area (Å²) >= 11 is 0. The van der Waals surface area contributed by atoms with Gasteiger partial charge in [0.25, 0.3) is 5.91 Å². The first-order valence-corrected chi connectivity index (χ1v) is 6.81. The van der Waals surface area contributed by atoms with E-state index in [1.165, 1.54) is 0 Å². The van der Waals surface area contributed by atoms with Gasteiger partial charge in [-0.1, -0.05) is 37.3 Å². The topological polar surface area (TPSA) is 46.3 Å². The molecular formula is C16H22N2O. The van der Waals surface area contributed by atoms with Gasteiger partial charge in [0.2, 0.25) is 0 Å². The maximum Gasteiger partial charge on any atom is 0.255 e. The fourth-order valence-electron chi connectivity index (χ4n) is 1.85. The van der Waals surface area contributed by atoms with Crippen LogP contribution in [-0.2, 0) is 0 Å². The summed E-state index contributed by atoms with van der Waals surface area (Å²) in [4.78, 5) is 14.4. The summed E-state index contributed by atoms with van der Waals surface area (Å²) in [5, 5.41) is 0. The number of hydrogen-bond donors (Lipinski definition) is 1. The molecule has 19 heavy (non-hydrogen) atoms. The highest BCUT2D eigenvalue weighted by atomic mass is 16.2. The molecule has 0 aliphatic rings. The molecule has 1 aromatic rings. The molecular weight excluding hydrogens is 236 g/mol. The molecule has 0 heterocycles. The van der Waals surface area contributed by atoms with Crippen LogP contribution in [0.1, 0.15) is 42.6 Å². The molecule has 0 fully saturated rings. The summed E-state index contributed by atoms with van der Waals surface area (Å²) in [7, 11) is 0. The van der Waals surface area contributed by atoms with Crippen molar-refractivity contribution in [1.82, 2.24) is 4.90 Å². The second-order valence-corrected chi connectivity index (χ2v) is 4.29. The van der Waals surface area contributed by atoms with Crippen molar-refractivity contribution in [2.24, 2.45) is 5.73 Å². The third-order valence-electron chi connectivity index (χ3n) is 2.93. The van der Waals surface area contributed by atoms with Crippen molar-refractivity contribution in [1.29, 1.82) is 0 Å². The summed E-state index contributed by atoms with van der Waals surface area (Å²) in [6.07, 6.45) is 2.11. The zero-order valence-corrected chi connectivity index (χ0v) is 11.8. The van der Waals surface area contributed by atoms with Crippen molar-refractivity contribution in [2.75, 3.05) is 19.6 Å². The number of rotatable bonds is 5. The van der Waals surface area contributed by atoms with Crippen molar-refractivity contribution in [3.05, 3.63) is 35.4 Å². The zero-order valence-electron chi connectivity index (χ0n) is 11.8. The SMILES string of the molecule is CCCCN(CC)C(=O)c1ccccc1C#CCN. The molecule has 0 radical (unpaired) electrons. The Hall–Kier alpha value is -1.79. The van der Waals surface area contributed by atoms with E-state index in [-0.39, 0.29) is 5.91 Å². The molecule has 1 rings (SSSR count). The number of amides is 1. The molecule has 0 aliphatic carbocycles. The van der Waals surface area contributed by atoms with E-state index in [1.54, 1.807) is 0 Å². The molecule has 3 nitrogen and oxygen atoms in total. The fourth-order valence-corrected chi connectivity index (χ4v) is 1.85. The number of unbranched alkanes of at least 4 members (excludes halogenated alkanes) is 1. The number of benzene rings is 1. The molecule has 1 amide bonds. The monoisotopic (exact) mass is 258 g/mol. The Labute approximate surface area is 115 Å². The van der Waals surface area contributed by atoms with Crippen LogP contribution in [0.4, 0.5) is 0 Å². The van der Waals surface area contributed by atoms with Crippen LogP contribution in [0, 0.1) is 11.8 Å². The van der Waals surface area contributed by atoms with Gasteiger partial charge in [-0.05, 0) is 25.5 Å². The molecule has 1 aromatic carbocycles. The number of nitrogens with zero attached hydrogens (tertiary/aromatic N) is 1. The molecule has 0 aromatic heterocycles. The Kier molecular flexibility index (Phi) is 6.70. The van der Waals surface area contributed by atoms with Crippen LogP contribution in [0.5, 0.6) is 0 Å². The first kappa shape index (κ1) is 15.3. The maximum atomic E-state index is 12.5. The average molecular weight is 258 g/mol. The van der Waals surface area contributed by atoms with Crippen molar-refractivity contribution in [2.45, 2.75) is 26.7 Å². The van der Waals surface area contributed by atoms with Crippen LogP contribution in [0.3, 0.4) is 0 Å². The second kappa shape index (κ2) is 8.34. The molecule has 0 saturated carbocycles. The molecule has 0 unspecified atom stereocenters. The lowest BCUT2D eigenvalue weighted by Gasteiger charge is -2.21. The Balaban J connectivity index is 2.97. The molecule has 0 atom stereocenters. The van der Waals surface area contributed by atoms with E-state index in [2.05, 4.69) is 18.8 Å². The average Bonchev–Trinajstić information content (AvgIpc) is 2.46. The van der Waals surface area contributed by atoms with Crippen LogP contribution in [0.2, 0.25) is 0 Å². The normalized spacial score (nSPS) is 9.63. The number of hydrogen-bond acceptors (Lipinski definition) is 2. The molecule has 0 aliphatic heterocycles. The predicted octanol–water partition coefficient (Wildman–Crippen LogP) is 2.26. The van der Waals surface area contributed by atoms with Crippen LogP contribution in [-0.4, -0.2) is 30.4 Å². The van der Waals surface area contributed by atoms with E-state index in [1.807, 2.05) is 36.1 Å². The largest absolute Gasteiger partial charge is 0.339 e. The van der Waals surface area contributed by atoms with Gasteiger partial charge in [0.05, 0.1) is 12.1 Å². The predicted molar refractivity (Wildman–Crippen MR) is 78.9 cm³/mol. The fraction of sp³-hybridized carbons (Fsp3) is 0.438. The molecule has 102 valence electrons. The van der Waals surface area contributed by atoms with Crippen LogP contribution in [0.25, 0.3) is 0 Å². The van der Waals surface area contributed by atoms with E-state index in [0.717, 1.165) is 31.5 Å². The van der Waals surface area contributed by atoms with Gasteiger partial charge >= 0.3 is 0 Å². The Morgan fingerprint density at radius 3 is 2.68 bits per heavy atom. The van der Waals surface area contributed by atoms with E-state index < -0.39 is 0 Å². The van der Waals surface area contributed by atoms with Gasteiger partial charge in [-0.25, -0.2) is 0 Å². The van der Waals surface area contributed by atoms with Crippen LogP contribution < -0.4 is 5.73 Å². The lowest BCUT2D eigenvalue weighted by Crippen LogP contribution is -2.32. The zero-order chi connectivity index (χ0) is 14.1. The minimum absolute atomic E-state index is 0.0536. The standard InChI is InChI=1S/C16H22N2O/c1-3-5-13-18(4-2)16(19)15-11-7-6-9-14(15)10-8-12-17/h6-7,9,11H,3-5,12-13,17H2,1-2H3. The summed E-state index contributed by atoms with van der Waals surface area (Å²) in [6, 6.07) is 7.45. The first-order valence-electron chi connectivity index (χ1n) is 6.81. The van der Waals surface area contributed by atoms with E-state index in [0.29, 0.717) is 12.1 Å². The lowest BCUT2D eigenvalue weighted by molar-refractivity contribution is 0.0762. The quantitative estimate of drug-likeness (QED) is 0.823. The Morgan fingerprint density at radius 2 is 2.05 bits per heavy atom. The van der Waals surface area contributed by atoms with E-state index in [4.69, 9.17) is 5.73 Å². The van der Waals surface area contributed by atoms with Gasteiger partial charge in [-0.15, -0.1) is 0 Å². The molecule has 3 heteroatoms. The first-order chi connectivity index (χ1) is 9.24. The number of carbonyl (C=O) groups is 1.